The van der Waals surface area contributed by atoms with Gasteiger partial charge in [0.2, 0.25) is 0 Å². The Labute approximate surface area is 79.5 Å². The summed E-state index contributed by atoms with van der Waals surface area (Å²) in [5.74, 6) is 0. The molecule has 14 heavy (non-hydrogen) atoms. The van der Waals surface area contributed by atoms with Crippen LogP contribution >= 0.6 is 0 Å². The van der Waals surface area contributed by atoms with Crippen molar-refractivity contribution < 1.29 is 27.4 Å². The fourth-order valence-corrected chi connectivity index (χ4v) is 0.520. The predicted molar refractivity (Wildman–Crippen MR) is 42.5 cm³/mol. The first-order chi connectivity index (χ1) is 6.35. The van der Waals surface area contributed by atoms with Crippen molar-refractivity contribution in [2.24, 2.45) is 0 Å². The second-order valence-electron chi connectivity index (χ2n) is 2.51. The van der Waals surface area contributed by atoms with Crippen LogP contribution in [0.3, 0.4) is 0 Å². The van der Waals surface area contributed by atoms with Crippen LogP contribution in [0.4, 0.5) is 18.0 Å². The maximum atomic E-state index is 11.4. The molecule has 0 saturated carbocycles. The maximum absolute atomic E-state index is 11.4. The maximum Gasteiger partial charge on any atom is 0.577 e. The highest BCUT2D eigenvalue weighted by Gasteiger charge is 2.34. The summed E-state index contributed by atoms with van der Waals surface area (Å²) in [6, 6.07) is 0. The molecule has 0 aliphatic heterocycles. The highest BCUT2D eigenvalue weighted by Crippen LogP contribution is 2.16. The van der Waals surface area contributed by atoms with E-state index in [4.69, 9.17) is 0 Å². The van der Waals surface area contributed by atoms with Crippen molar-refractivity contribution in [2.45, 2.75) is 26.6 Å². The van der Waals surface area contributed by atoms with Gasteiger partial charge >= 0.3 is 12.5 Å². The average Bonchev–Trinajstić information content (AvgIpc) is 2.00. The van der Waals surface area contributed by atoms with Crippen molar-refractivity contribution in [2.75, 3.05) is 6.61 Å². The van der Waals surface area contributed by atoms with E-state index in [1.807, 2.05) is 6.92 Å². The molecule has 0 heterocycles. The van der Waals surface area contributed by atoms with E-state index in [9.17, 15) is 18.0 Å². The Morgan fingerprint density at radius 3 is 2.43 bits per heavy atom. The quantitative estimate of drug-likeness (QED) is 0.532. The molecular formula is C8H11F3O3. The Bertz CT molecular complexity index is 220. The van der Waals surface area contributed by atoms with Crippen molar-refractivity contribution in [1.29, 1.82) is 0 Å². The van der Waals surface area contributed by atoms with E-state index in [0.717, 1.165) is 12.0 Å². The van der Waals surface area contributed by atoms with Crippen LogP contribution in [0.1, 0.15) is 20.3 Å². The van der Waals surface area contributed by atoms with Crippen LogP contribution < -0.4 is 0 Å². The second-order valence-corrected chi connectivity index (χ2v) is 2.51. The zero-order valence-electron chi connectivity index (χ0n) is 7.85. The number of alkyl halides is 3. The van der Waals surface area contributed by atoms with Gasteiger partial charge in [-0.2, -0.15) is 0 Å². The lowest BCUT2D eigenvalue weighted by Gasteiger charge is -2.06. The van der Waals surface area contributed by atoms with E-state index in [2.05, 4.69) is 9.47 Å². The van der Waals surface area contributed by atoms with Gasteiger partial charge in [0.25, 0.3) is 0 Å². The fourth-order valence-electron chi connectivity index (χ4n) is 0.520. The van der Waals surface area contributed by atoms with Crippen LogP contribution in [0.2, 0.25) is 0 Å². The van der Waals surface area contributed by atoms with Gasteiger partial charge in [-0.1, -0.05) is 12.5 Å². The van der Waals surface area contributed by atoms with E-state index in [1.165, 1.54) is 6.08 Å². The summed E-state index contributed by atoms with van der Waals surface area (Å²) in [6.07, 6.45) is -4.46. The highest BCUT2D eigenvalue weighted by atomic mass is 19.4. The van der Waals surface area contributed by atoms with Gasteiger partial charge in [0.05, 0.1) is 0 Å². The molecule has 0 rings (SSSR count). The first-order valence-corrected chi connectivity index (χ1v) is 3.93. The molecule has 0 aromatic heterocycles. The Morgan fingerprint density at radius 2 is 2.00 bits per heavy atom. The normalized spacial score (nSPS) is 12.5. The van der Waals surface area contributed by atoms with Crippen LogP contribution in [0.15, 0.2) is 11.6 Å². The third-order valence-electron chi connectivity index (χ3n) is 1.39. The third kappa shape index (κ3) is 7.45. The molecule has 0 aromatic carbocycles. The standard InChI is InChI=1S/C8H11F3O3/c1-3-6(2)4-5-13-7(12)14-8(9,10)11/h4H,3,5H2,1-2H3/b6-4-. The third-order valence-corrected chi connectivity index (χ3v) is 1.39. The summed E-state index contributed by atoms with van der Waals surface area (Å²) < 4.78 is 41.4. The summed E-state index contributed by atoms with van der Waals surface area (Å²) in [4.78, 5) is 10.3. The zero-order valence-corrected chi connectivity index (χ0v) is 7.85. The number of hydrogen-bond acceptors (Lipinski definition) is 3. The molecule has 0 aromatic rings. The monoisotopic (exact) mass is 212 g/mol. The summed E-state index contributed by atoms with van der Waals surface area (Å²) >= 11 is 0. The van der Waals surface area contributed by atoms with E-state index >= 15 is 0 Å². The Hall–Kier alpha value is -1.20. The van der Waals surface area contributed by atoms with Gasteiger partial charge in [-0.25, -0.2) is 4.79 Å². The molecule has 0 fully saturated rings. The van der Waals surface area contributed by atoms with Gasteiger partial charge in [-0.15, -0.1) is 13.2 Å². The lowest BCUT2D eigenvalue weighted by molar-refractivity contribution is -0.298. The Kier molecular flexibility index (Phi) is 5.04. The molecule has 0 aliphatic carbocycles. The molecule has 0 aliphatic rings. The van der Waals surface area contributed by atoms with Crippen LogP contribution in [-0.2, 0) is 9.47 Å². The molecule has 82 valence electrons. The number of rotatable bonds is 3. The fraction of sp³-hybridized carbons (Fsp3) is 0.625. The highest BCUT2D eigenvalue weighted by molar-refractivity contribution is 5.60. The van der Waals surface area contributed by atoms with Crippen molar-refractivity contribution in [3.05, 3.63) is 11.6 Å². The van der Waals surface area contributed by atoms with Crippen molar-refractivity contribution in [3.63, 3.8) is 0 Å². The van der Waals surface area contributed by atoms with Gasteiger partial charge in [-0.05, 0) is 19.4 Å². The van der Waals surface area contributed by atoms with Gasteiger partial charge in [-0.3, -0.25) is 0 Å². The lowest BCUT2D eigenvalue weighted by Crippen LogP contribution is -2.20. The minimum Gasteiger partial charge on any atom is -0.430 e. The van der Waals surface area contributed by atoms with E-state index in [-0.39, 0.29) is 6.61 Å². The Balaban J connectivity index is 3.76. The predicted octanol–water partition coefficient (Wildman–Crippen LogP) is 3.02. The molecular weight excluding hydrogens is 201 g/mol. The van der Waals surface area contributed by atoms with Crippen molar-refractivity contribution in [1.82, 2.24) is 0 Å². The summed E-state index contributed by atoms with van der Waals surface area (Å²) in [7, 11) is 0. The summed E-state index contributed by atoms with van der Waals surface area (Å²) in [5, 5.41) is 0. The lowest BCUT2D eigenvalue weighted by atomic mass is 10.2. The molecule has 0 spiro atoms. The molecule has 0 unspecified atom stereocenters. The number of carbonyl (C=O) groups excluding carboxylic acids is 1. The molecule has 0 amide bonds. The first-order valence-electron chi connectivity index (χ1n) is 3.93. The van der Waals surface area contributed by atoms with Gasteiger partial charge in [0.15, 0.2) is 0 Å². The van der Waals surface area contributed by atoms with Gasteiger partial charge in [0, 0.05) is 0 Å². The van der Waals surface area contributed by atoms with E-state index in [0.29, 0.717) is 0 Å². The van der Waals surface area contributed by atoms with Gasteiger partial charge in [0.1, 0.15) is 6.61 Å². The summed E-state index contributed by atoms with van der Waals surface area (Å²) in [5.41, 5.74) is 0.921. The number of carbonyl (C=O) groups is 1. The SMILES string of the molecule is CC/C(C)=C\COC(=O)OC(F)(F)F. The topological polar surface area (TPSA) is 35.5 Å². The van der Waals surface area contributed by atoms with Crippen LogP contribution in [0.25, 0.3) is 0 Å². The van der Waals surface area contributed by atoms with E-state index < -0.39 is 12.5 Å². The van der Waals surface area contributed by atoms with Crippen LogP contribution in [0, 0.1) is 0 Å². The van der Waals surface area contributed by atoms with Crippen LogP contribution in [-0.4, -0.2) is 19.1 Å². The minimum absolute atomic E-state index is 0.214. The average molecular weight is 212 g/mol. The van der Waals surface area contributed by atoms with Crippen molar-refractivity contribution in [3.8, 4) is 0 Å². The van der Waals surface area contributed by atoms with Crippen molar-refractivity contribution >= 4 is 6.16 Å². The molecule has 0 atom stereocenters. The summed E-state index contributed by atoms with van der Waals surface area (Å²) in [6.45, 7) is 3.44. The van der Waals surface area contributed by atoms with Gasteiger partial charge < -0.3 is 9.47 Å². The second kappa shape index (κ2) is 5.51. The Morgan fingerprint density at radius 1 is 1.43 bits per heavy atom. The zero-order chi connectivity index (χ0) is 11.2. The molecule has 3 nitrogen and oxygen atoms in total. The molecule has 0 N–H and O–H groups in total. The first kappa shape index (κ1) is 12.8. The molecule has 6 heteroatoms. The number of allylic oxidation sites excluding steroid dienone is 1. The molecule has 0 saturated heterocycles. The largest absolute Gasteiger partial charge is 0.577 e. The number of halogens is 3. The molecule has 0 bridgehead atoms. The minimum atomic E-state index is -4.99. The number of ether oxygens (including phenoxy) is 2. The number of hydrogen-bond donors (Lipinski definition) is 0. The van der Waals surface area contributed by atoms with Crippen LogP contribution in [0.5, 0.6) is 0 Å². The molecule has 0 radical (unpaired) electrons. The smallest absolute Gasteiger partial charge is 0.430 e. The van der Waals surface area contributed by atoms with E-state index in [1.54, 1.807) is 6.92 Å².